The van der Waals surface area contributed by atoms with E-state index < -0.39 is 0 Å². The van der Waals surface area contributed by atoms with Crippen molar-refractivity contribution in [2.24, 2.45) is 5.92 Å². The number of nitrogens with zero attached hydrogens (tertiary/aromatic N) is 2. The van der Waals surface area contributed by atoms with Crippen molar-refractivity contribution in [1.29, 1.82) is 5.26 Å². The van der Waals surface area contributed by atoms with Gasteiger partial charge < -0.3 is 9.64 Å². The minimum absolute atomic E-state index is 0.0174. The van der Waals surface area contributed by atoms with Crippen LogP contribution in [0, 0.1) is 17.2 Å². The van der Waals surface area contributed by atoms with E-state index in [-0.39, 0.29) is 11.8 Å². The Labute approximate surface area is 107 Å². The van der Waals surface area contributed by atoms with Gasteiger partial charge in [-0.1, -0.05) is 6.92 Å². The van der Waals surface area contributed by atoms with Crippen LogP contribution in [0.3, 0.4) is 0 Å². The molecule has 1 aliphatic heterocycles. The monoisotopic (exact) mass is 244 g/mol. The fourth-order valence-corrected chi connectivity index (χ4v) is 1.99. The van der Waals surface area contributed by atoms with Crippen molar-refractivity contribution in [3.05, 3.63) is 24.3 Å². The first-order valence-corrected chi connectivity index (χ1v) is 6.17. The maximum atomic E-state index is 11.7. The lowest BCUT2D eigenvalue weighted by atomic mass is 10.1. The Kier molecular flexibility index (Phi) is 3.83. The summed E-state index contributed by atoms with van der Waals surface area (Å²) in [4.78, 5) is 13.4. The highest BCUT2D eigenvalue weighted by Gasteiger charge is 2.30. The van der Waals surface area contributed by atoms with Crippen LogP contribution in [0.2, 0.25) is 0 Å². The second kappa shape index (κ2) is 5.54. The van der Waals surface area contributed by atoms with Gasteiger partial charge in [0.15, 0.2) is 0 Å². The number of nitriles is 1. The summed E-state index contributed by atoms with van der Waals surface area (Å²) in [7, 11) is 0. The lowest BCUT2D eigenvalue weighted by molar-refractivity contribution is -0.117. The van der Waals surface area contributed by atoms with Gasteiger partial charge in [0.25, 0.3) is 0 Å². The van der Waals surface area contributed by atoms with Gasteiger partial charge in [-0.25, -0.2) is 0 Å². The molecule has 1 amide bonds. The molecule has 94 valence electrons. The molecule has 1 saturated heterocycles. The molecule has 18 heavy (non-hydrogen) atoms. The van der Waals surface area contributed by atoms with E-state index in [1.807, 2.05) is 24.3 Å². The van der Waals surface area contributed by atoms with E-state index >= 15 is 0 Å². The number of hydrogen-bond acceptors (Lipinski definition) is 3. The van der Waals surface area contributed by atoms with Gasteiger partial charge in [-0.15, -0.1) is 0 Å². The van der Waals surface area contributed by atoms with E-state index in [1.54, 1.807) is 4.90 Å². The third-order valence-electron chi connectivity index (χ3n) is 2.93. The molecule has 1 aliphatic rings. The highest BCUT2D eigenvalue weighted by molar-refractivity contribution is 5.96. The molecule has 0 spiro atoms. The van der Waals surface area contributed by atoms with Gasteiger partial charge in [0.05, 0.1) is 18.6 Å². The summed E-state index contributed by atoms with van der Waals surface area (Å²) in [5.41, 5.74) is 0.835. The maximum Gasteiger partial charge on any atom is 0.228 e. The Morgan fingerprint density at radius 1 is 1.44 bits per heavy atom. The van der Waals surface area contributed by atoms with Crippen LogP contribution in [-0.2, 0) is 4.79 Å². The Morgan fingerprint density at radius 2 is 2.17 bits per heavy atom. The van der Waals surface area contributed by atoms with E-state index in [0.717, 1.165) is 17.9 Å². The molecule has 0 radical (unpaired) electrons. The van der Waals surface area contributed by atoms with Crippen molar-refractivity contribution in [3.63, 3.8) is 0 Å². The SMILES string of the molecule is CCCOc1ccc(N2CC(C#N)CC2=O)cc1. The predicted molar refractivity (Wildman–Crippen MR) is 68.3 cm³/mol. The second-order valence-electron chi connectivity index (χ2n) is 4.38. The molecule has 1 unspecified atom stereocenters. The maximum absolute atomic E-state index is 11.7. The first-order chi connectivity index (χ1) is 8.74. The molecular weight excluding hydrogens is 228 g/mol. The largest absolute Gasteiger partial charge is 0.494 e. The number of hydrogen-bond donors (Lipinski definition) is 0. The Balaban J connectivity index is 2.06. The molecule has 1 aromatic rings. The summed E-state index contributed by atoms with van der Waals surface area (Å²) < 4.78 is 5.49. The van der Waals surface area contributed by atoms with Crippen molar-refractivity contribution >= 4 is 11.6 Å². The third kappa shape index (κ3) is 2.62. The molecule has 2 rings (SSSR count). The summed E-state index contributed by atoms with van der Waals surface area (Å²) in [6.45, 7) is 3.24. The van der Waals surface area contributed by atoms with Gasteiger partial charge in [0, 0.05) is 18.7 Å². The van der Waals surface area contributed by atoms with Crippen LogP contribution in [0.1, 0.15) is 19.8 Å². The van der Waals surface area contributed by atoms with E-state index in [0.29, 0.717) is 19.6 Å². The fraction of sp³-hybridized carbons (Fsp3) is 0.429. The first-order valence-electron chi connectivity index (χ1n) is 6.17. The molecule has 0 N–H and O–H groups in total. The number of carbonyl (C=O) groups is 1. The van der Waals surface area contributed by atoms with Crippen molar-refractivity contribution in [1.82, 2.24) is 0 Å². The van der Waals surface area contributed by atoms with Gasteiger partial charge >= 0.3 is 0 Å². The van der Waals surface area contributed by atoms with Gasteiger partial charge in [-0.05, 0) is 30.7 Å². The molecule has 0 aromatic heterocycles. The Hall–Kier alpha value is -2.02. The van der Waals surface area contributed by atoms with Crippen LogP contribution < -0.4 is 9.64 Å². The number of anilines is 1. The third-order valence-corrected chi connectivity index (χ3v) is 2.93. The zero-order chi connectivity index (χ0) is 13.0. The van der Waals surface area contributed by atoms with Crippen LogP contribution in [0.5, 0.6) is 5.75 Å². The van der Waals surface area contributed by atoms with E-state index in [9.17, 15) is 4.79 Å². The van der Waals surface area contributed by atoms with Crippen molar-refractivity contribution in [3.8, 4) is 11.8 Å². The zero-order valence-corrected chi connectivity index (χ0v) is 10.4. The van der Waals surface area contributed by atoms with Crippen LogP contribution in [0.25, 0.3) is 0 Å². The Morgan fingerprint density at radius 3 is 2.72 bits per heavy atom. The summed E-state index contributed by atoms with van der Waals surface area (Å²) >= 11 is 0. The Bertz CT molecular complexity index is 462. The second-order valence-corrected chi connectivity index (χ2v) is 4.38. The van der Waals surface area contributed by atoms with Gasteiger partial charge in [-0.2, -0.15) is 5.26 Å². The van der Waals surface area contributed by atoms with Crippen molar-refractivity contribution in [2.45, 2.75) is 19.8 Å². The lowest BCUT2D eigenvalue weighted by Gasteiger charge is -2.16. The van der Waals surface area contributed by atoms with Crippen LogP contribution >= 0.6 is 0 Å². The number of ether oxygens (including phenoxy) is 1. The molecule has 0 aliphatic carbocycles. The molecular formula is C14H16N2O2. The van der Waals surface area contributed by atoms with Gasteiger partial charge in [0.2, 0.25) is 5.91 Å². The number of rotatable bonds is 4. The first kappa shape index (κ1) is 12.4. The van der Waals surface area contributed by atoms with Gasteiger partial charge in [-0.3, -0.25) is 4.79 Å². The number of amides is 1. The average Bonchev–Trinajstić information content (AvgIpc) is 2.78. The predicted octanol–water partition coefficient (Wildman–Crippen LogP) is 2.35. The smallest absolute Gasteiger partial charge is 0.228 e. The molecule has 1 fully saturated rings. The minimum Gasteiger partial charge on any atom is -0.494 e. The van der Waals surface area contributed by atoms with E-state index in [2.05, 4.69) is 13.0 Å². The molecule has 1 aromatic carbocycles. The summed E-state index contributed by atoms with van der Waals surface area (Å²) in [6, 6.07) is 9.59. The summed E-state index contributed by atoms with van der Waals surface area (Å²) in [5, 5.41) is 8.84. The topological polar surface area (TPSA) is 53.3 Å². The number of carbonyl (C=O) groups excluding carboxylic acids is 1. The van der Waals surface area contributed by atoms with Crippen molar-refractivity contribution < 1.29 is 9.53 Å². The quantitative estimate of drug-likeness (QED) is 0.817. The molecule has 4 nitrogen and oxygen atoms in total. The summed E-state index contributed by atoms with van der Waals surface area (Å²) in [5.74, 6) is 0.640. The summed E-state index contributed by atoms with van der Waals surface area (Å²) in [6.07, 6.45) is 1.29. The lowest BCUT2D eigenvalue weighted by Crippen LogP contribution is -2.24. The molecule has 4 heteroatoms. The van der Waals surface area contributed by atoms with Gasteiger partial charge in [0.1, 0.15) is 5.75 Å². The fourth-order valence-electron chi connectivity index (χ4n) is 1.99. The molecule has 0 saturated carbocycles. The van der Waals surface area contributed by atoms with Crippen LogP contribution in [0.15, 0.2) is 24.3 Å². The normalized spacial score (nSPS) is 18.8. The highest BCUT2D eigenvalue weighted by atomic mass is 16.5. The number of benzene rings is 1. The van der Waals surface area contributed by atoms with Crippen LogP contribution in [0.4, 0.5) is 5.69 Å². The van der Waals surface area contributed by atoms with E-state index in [1.165, 1.54) is 0 Å². The molecule has 1 atom stereocenters. The molecule has 0 bridgehead atoms. The average molecular weight is 244 g/mol. The standard InChI is InChI=1S/C14H16N2O2/c1-2-7-18-13-5-3-12(4-6-13)16-10-11(9-15)8-14(16)17/h3-6,11H,2,7-8,10H2,1H3. The minimum atomic E-state index is -0.187. The van der Waals surface area contributed by atoms with Crippen molar-refractivity contribution in [2.75, 3.05) is 18.1 Å². The molecule has 1 heterocycles. The van der Waals surface area contributed by atoms with Crippen LogP contribution in [-0.4, -0.2) is 19.1 Å². The zero-order valence-electron chi connectivity index (χ0n) is 10.4. The van der Waals surface area contributed by atoms with E-state index in [4.69, 9.17) is 10.00 Å². The highest BCUT2D eigenvalue weighted by Crippen LogP contribution is 2.26.